The summed E-state index contributed by atoms with van der Waals surface area (Å²) < 4.78 is 2.36. The zero-order valence-electron chi connectivity index (χ0n) is 31.4. The number of nitrogens with zero attached hydrogens (tertiary/aromatic N) is 5. The highest BCUT2D eigenvalue weighted by molar-refractivity contribution is 6.10. The van der Waals surface area contributed by atoms with E-state index in [1.165, 1.54) is 21.9 Å². The zero-order chi connectivity index (χ0) is 38.1. The number of para-hydroxylation sites is 3. The van der Waals surface area contributed by atoms with Crippen LogP contribution in [0.5, 0.6) is 0 Å². The van der Waals surface area contributed by atoms with Crippen molar-refractivity contribution in [3.63, 3.8) is 0 Å². The molecule has 0 amide bonds. The summed E-state index contributed by atoms with van der Waals surface area (Å²) in [6.45, 7) is 0. The first-order valence-corrected chi connectivity index (χ1v) is 19.2. The van der Waals surface area contributed by atoms with Gasteiger partial charge in [0.2, 0.25) is 0 Å². The number of fused-ring (bicyclic) bond motifs is 3. The molecule has 0 fully saturated rings. The fourth-order valence-corrected chi connectivity index (χ4v) is 7.79. The van der Waals surface area contributed by atoms with E-state index >= 15 is 0 Å². The van der Waals surface area contributed by atoms with Gasteiger partial charge in [-0.1, -0.05) is 164 Å². The van der Waals surface area contributed by atoms with Crippen molar-refractivity contribution in [2.75, 3.05) is 11.9 Å². The molecule has 0 aliphatic rings. The molecule has 5 nitrogen and oxygen atoms in total. The number of anilines is 2. The van der Waals surface area contributed by atoms with Gasteiger partial charge in [0.15, 0.2) is 17.5 Å². The monoisotopic (exact) mass is 731 g/mol. The summed E-state index contributed by atoms with van der Waals surface area (Å²) >= 11 is 0. The minimum absolute atomic E-state index is 0.631. The predicted molar refractivity (Wildman–Crippen MR) is 236 cm³/mol. The lowest BCUT2D eigenvalue weighted by atomic mass is 9.98. The molecule has 2 heterocycles. The molecular formula is C52H37N5. The molecular weight excluding hydrogens is 695 g/mol. The van der Waals surface area contributed by atoms with Gasteiger partial charge in [-0.25, -0.2) is 15.0 Å². The summed E-state index contributed by atoms with van der Waals surface area (Å²) in [6.07, 6.45) is 0. The summed E-state index contributed by atoms with van der Waals surface area (Å²) in [5.41, 5.74) is 13.1. The second-order valence-corrected chi connectivity index (χ2v) is 14.2. The first kappa shape index (κ1) is 33.9. The highest BCUT2D eigenvalue weighted by Crippen LogP contribution is 2.38. The quantitative estimate of drug-likeness (QED) is 0.156. The fraction of sp³-hybridized carbons (Fsp3) is 0.0192. The van der Waals surface area contributed by atoms with E-state index in [1.54, 1.807) is 0 Å². The van der Waals surface area contributed by atoms with Crippen LogP contribution in [0.4, 0.5) is 11.4 Å². The molecule has 0 radical (unpaired) electrons. The van der Waals surface area contributed by atoms with Gasteiger partial charge in [-0.3, -0.25) is 0 Å². The molecule has 0 aliphatic carbocycles. The van der Waals surface area contributed by atoms with Gasteiger partial charge < -0.3 is 9.47 Å². The minimum Gasteiger partial charge on any atom is -0.344 e. The van der Waals surface area contributed by atoms with E-state index in [-0.39, 0.29) is 0 Å². The smallest absolute Gasteiger partial charge is 0.164 e. The zero-order valence-corrected chi connectivity index (χ0v) is 31.4. The molecule has 5 heteroatoms. The molecule has 8 aromatic carbocycles. The van der Waals surface area contributed by atoms with Gasteiger partial charge in [0, 0.05) is 57.1 Å². The van der Waals surface area contributed by atoms with Gasteiger partial charge >= 0.3 is 0 Å². The maximum atomic E-state index is 5.04. The Morgan fingerprint density at radius 2 is 0.895 bits per heavy atom. The van der Waals surface area contributed by atoms with Crippen molar-refractivity contribution in [3.05, 3.63) is 206 Å². The van der Waals surface area contributed by atoms with Crippen LogP contribution in [-0.4, -0.2) is 26.6 Å². The number of aromatic nitrogens is 4. The summed E-state index contributed by atoms with van der Waals surface area (Å²) in [5.74, 6) is 1.92. The summed E-state index contributed by atoms with van der Waals surface area (Å²) in [4.78, 5) is 17.2. The van der Waals surface area contributed by atoms with Crippen LogP contribution < -0.4 is 4.90 Å². The molecule has 0 spiro atoms. The average Bonchev–Trinajstić information content (AvgIpc) is 3.63. The van der Waals surface area contributed by atoms with E-state index in [2.05, 4.69) is 162 Å². The molecule has 0 unspecified atom stereocenters. The van der Waals surface area contributed by atoms with Crippen molar-refractivity contribution in [2.24, 2.45) is 0 Å². The molecule has 10 aromatic rings. The van der Waals surface area contributed by atoms with E-state index in [1.807, 2.05) is 60.7 Å². The lowest BCUT2D eigenvalue weighted by Gasteiger charge is -2.23. The van der Waals surface area contributed by atoms with Crippen LogP contribution >= 0.6 is 0 Å². The average molecular weight is 732 g/mol. The van der Waals surface area contributed by atoms with Crippen LogP contribution in [0.15, 0.2) is 206 Å². The molecule has 0 saturated carbocycles. The molecule has 0 aliphatic heterocycles. The Bertz CT molecular complexity index is 2950. The SMILES string of the molecule is CN(c1ccccc1)c1ccccc1-c1ccc(-c2cccc(-n3c4ccccc4c4ccc(-c5nc(-c6ccccc6)nc(-c6ccccc6)n5)cc43)c2)cc1. The van der Waals surface area contributed by atoms with Crippen molar-refractivity contribution < 1.29 is 0 Å². The van der Waals surface area contributed by atoms with Crippen molar-refractivity contribution in [1.82, 2.24) is 19.5 Å². The normalized spacial score (nSPS) is 11.2. The van der Waals surface area contributed by atoms with Gasteiger partial charge in [0.05, 0.1) is 11.0 Å². The second kappa shape index (κ2) is 14.5. The van der Waals surface area contributed by atoms with Crippen molar-refractivity contribution >= 4 is 33.2 Å². The highest BCUT2D eigenvalue weighted by atomic mass is 15.1. The Morgan fingerprint density at radius 3 is 1.60 bits per heavy atom. The van der Waals surface area contributed by atoms with Crippen LogP contribution in [0.1, 0.15) is 0 Å². The lowest BCUT2D eigenvalue weighted by molar-refractivity contribution is 1.07. The Morgan fingerprint density at radius 1 is 0.368 bits per heavy atom. The molecule has 0 bridgehead atoms. The Labute approximate surface area is 331 Å². The maximum Gasteiger partial charge on any atom is 0.164 e. The first-order chi connectivity index (χ1) is 28.2. The van der Waals surface area contributed by atoms with E-state index in [4.69, 9.17) is 15.0 Å². The fourth-order valence-electron chi connectivity index (χ4n) is 7.79. The third-order valence-corrected chi connectivity index (χ3v) is 10.7. The molecule has 2 aromatic heterocycles. The first-order valence-electron chi connectivity index (χ1n) is 19.2. The van der Waals surface area contributed by atoms with Gasteiger partial charge in [-0.05, 0) is 59.2 Å². The van der Waals surface area contributed by atoms with Gasteiger partial charge in [-0.15, -0.1) is 0 Å². The Kier molecular flexibility index (Phi) is 8.65. The van der Waals surface area contributed by atoms with Crippen LogP contribution in [0.3, 0.4) is 0 Å². The predicted octanol–water partition coefficient (Wildman–Crippen LogP) is 13.1. The largest absolute Gasteiger partial charge is 0.344 e. The van der Waals surface area contributed by atoms with E-state index in [0.29, 0.717) is 17.5 Å². The van der Waals surface area contributed by atoms with Gasteiger partial charge in [0.25, 0.3) is 0 Å². The standard InChI is InChI=1S/C52H37N5/c1-56(42-21-9-4-10-22-42)47-26-13-11-24-44(47)37-30-28-36(29-31-37)40-20-15-23-43(34-40)57-48-27-14-12-25-45(48)46-33-32-41(35-49(46)57)52-54-50(38-16-5-2-6-17-38)53-51(55-52)39-18-7-3-8-19-39/h2-35H,1H3. The van der Waals surface area contributed by atoms with Gasteiger partial charge in [-0.2, -0.15) is 0 Å². The van der Waals surface area contributed by atoms with Crippen molar-refractivity contribution in [3.8, 4) is 62.1 Å². The van der Waals surface area contributed by atoms with Crippen LogP contribution in [0.2, 0.25) is 0 Å². The number of rotatable bonds is 8. The molecule has 10 rings (SSSR count). The topological polar surface area (TPSA) is 46.8 Å². The third-order valence-electron chi connectivity index (χ3n) is 10.7. The molecule has 0 atom stereocenters. The Hall–Kier alpha value is -7.63. The number of benzene rings is 8. The minimum atomic E-state index is 0.631. The summed E-state index contributed by atoms with van der Waals surface area (Å²) in [6, 6.07) is 72.2. The Balaban J connectivity index is 1.06. The second-order valence-electron chi connectivity index (χ2n) is 14.2. The molecule has 270 valence electrons. The number of hydrogen-bond donors (Lipinski definition) is 0. The lowest BCUT2D eigenvalue weighted by Crippen LogP contribution is -2.10. The molecule has 0 N–H and O–H groups in total. The van der Waals surface area contributed by atoms with Gasteiger partial charge in [0.1, 0.15) is 0 Å². The summed E-state index contributed by atoms with van der Waals surface area (Å²) in [5, 5.41) is 2.36. The van der Waals surface area contributed by atoms with E-state index in [0.717, 1.165) is 55.9 Å². The third kappa shape index (κ3) is 6.41. The maximum absolute atomic E-state index is 5.04. The van der Waals surface area contributed by atoms with Crippen LogP contribution in [0.25, 0.3) is 83.9 Å². The van der Waals surface area contributed by atoms with Crippen LogP contribution in [-0.2, 0) is 0 Å². The van der Waals surface area contributed by atoms with E-state index < -0.39 is 0 Å². The number of hydrogen-bond acceptors (Lipinski definition) is 4. The van der Waals surface area contributed by atoms with Crippen molar-refractivity contribution in [2.45, 2.75) is 0 Å². The highest BCUT2D eigenvalue weighted by Gasteiger charge is 2.17. The molecule has 0 saturated heterocycles. The van der Waals surface area contributed by atoms with Crippen LogP contribution in [0, 0.1) is 0 Å². The van der Waals surface area contributed by atoms with Crippen molar-refractivity contribution in [1.29, 1.82) is 0 Å². The summed E-state index contributed by atoms with van der Waals surface area (Å²) in [7, 11) is 2.12. The van der Waals surface area contributed by atoms with E-state index in [9.17, 15) is 0 Å². The molecule has 57 heavy (non-hydrogen) atoms.